The van der Waals surface area contributed by atoms with Crippen LogP contribution in [0.5, 0.6) is 0 Å². The first-order chi connectivity index (χ1) is 7.92. The molecule has 1 rings (SSSR count). The summed E-state index contributed by atoms with van der Waals surface area (Å²) in [5, 5.41) is 2.50. The topological polar surface area (TPSA) is 38.3 Å². The van der Waals surface area contributed by atoms with Crippen LogP contribution in [0, 0.1) is 0 Å². The molecule has 0 radical (unpaired) electrons. The Morgan fingerprint density at radius 1 is 1.35 bits per heavy atom. The van der Waals surface area contributed by atoms with E-state index in [1.54, 1.807) is 45.0 Å². The van der Waals surface area contributed by atoms with Crippen molar-refractivity contribution < 1.29 is 13.9 Å². The van der Waals surface area contributed by atoms with Crippen LogP contribution in [0.4, 0.5) is 9.18 Å². The third-order valence-electron chi connectivity index (χ3n) is 2.05. The Morgan fingerprint density at radius 3 is 2.41 bits per heavy atom. The number of alkyl carbamates (subject to hydrolysis) is 1. The van der Waals surface area contributed by atoms with E-state index in [1.807, 2.05) is 6.07 Å². The van der Waals surface area contributed by atoms with Crippen LogP contribution in [0.3, 0.4) is 0 Å². The van der Waals surface area contributed by atoms with Crippen LogP contribution >= 0.6 is 0 Å². The van der Waals surface area contributed by atoms with Crippen LogP contribution in [-0.4, -0.2) is 18.4 Å². The van der Waals surface area contributed by atoms with Gasteiger partial charge in [0.2, 0.25) is 0 Å². The van der Waals surface area contributed by atoms with E-state index in [0.29, 0.717) is 0 Å². The summed E-state index contributed by atoms with van der Waals surface area (Å²) in [6.45, 7) is 4.63. The van der Waals surface area contributed by atoms with Crippen LogP contribution in [0.25, 0.3) is 0 Å². The molecule has 0 heterocycles. The fourth-order valence-corrected chi connectivity index (χ4v) is 1.35. The molecule has 0 aliphatic carbocycles. The zero-order valence-electron chi connectivity index (χ0n) is 10.4. The first-order valence-corrected chi connectivity index (χ1v) is 5.53. The van der Waals surface area contributed by atoms with Crippen LogP contribution in [0.15, 0.2) is 30.3 Å². The molecule has 1 N–H and O–H groups in total. The van der Waals surface area contributed by atoms with Crippen LogP contribution in [0.2, 0.25) is 0 Å². The standard InChI is InChI=1S/C13H18FNO2/c1-13(2,3)17-12(16)15-11(9-14)10-7-5-4-6-8-10/h4-8,11H,9H2,1-3H3,(H,15,16)/t11-/m1/s1. The highest BCUT2D eigenvalue weighted by atomic mass is 19.1. The van der Waals surface area contributed by atoms with Crippen molar-refractivity contribution >= 4 is 6.09 Å². The molecule has 1 aromatic rings. The molecule has 94 valence electrons. The number of nitrogens with one attached hydrogen (secondary N) is 1. The molecule has 0 aliphatic heterocycles. The number of carbonyl (C=O) groups is 1. The largest absolute Gasteiger partial charge is 0.444 e. The summed E-state index contributed by atoms with van der Waals surface area (Å²) in [5.74, 6) is 0. The Kier molecular flexibility index (Phi) is 4.49. The van der Waals surface area contributed by atoms with E-state index in [0.717, 1.165) is 5.56 Å². The molecule has 1 atom stereocenters. The van der Waals surface area contributed by atoms with Crippen LogP contribution in [-0.2, 0) is 4.74 Å². The Balaban J connectivity index is 2.62. The third-order valence-corrected chi connectivity index (χ3v) is 2.05. The van der Waals surface area contributed by atoms with Gasteiger partial charge >= 0.3 is 6.09 Å². The van der Waals surface area contributed by atoms with Gasteiger partial charge < -0.3 is 10.1 Å². The molecule has 0 aromatic heterocycles. The monoisotopic (exact) mass is 239 g/mol. The lowest BCUT2D eigenvalue weighted by molar-refractivity contribution is 0.0495. The second-order valence-electron chi connectivity index (χ2n) is 4.76. The molecule has 0 unspecified atom stereocenters. The molecule has 1 amide bonds. The molecule has 0 saturated carbocycles. The maximum absolute atomic E-state index is 12.9. The van der Waals surface area contributed by atoms with Gasteiger partial charge in [-0.05, 0) is 26.3 Å². The minimum absolute atomic E-state index is 0.582. The summed E-state index contributed by atoms with van der Waals surface area (Å²) in [5.41, 5.74) is 0.141. The van der Waals surface area contributed by atoms with Crippen LogP contribution in [0.1, 0.15) is 32.4 Å². The first kappa shape index (κ1) is 13.5. The zero-order valence-corrected chi connectivity index (χ0v) is 10.4. The van der Waals surface area contributed by atoms with Gasteiger partial charge in [0.05, 0.1) is 6.04 Å². The SMILES string of the molecule is CC(C)(C)OC(=O)N[C@H](CF)c1ccccc1. The van der Waals surface area contributed by atoms with Crippen molar-refractivity contribution in [2.75, 3.05) is 6.67 Å². The molecule has 0 bridgehead atoms. The van der Waals surface area contributed by atoms with Crippen molar-refractivity contribution in [1.29, 1.82) is 0 Å². The number of ether oxygens (including phenoxy) is 1. The third kappa shape index (κ3) is 4.85. The number of hydrogen-bond donors (Lipinski definition) is 1. The summed E-state index contributed by atoms with van der Waals surface area (Å²) in [7, 11) is 0. The molecule has 0 saturated heterocycles. The Morgan fingerprint density at radius 2 is 1.94 bits per heavy atom. The van der Waals surface area contributed by atoms with Gasteiger partial charge in [-0.15, -0.1) is 0 Å². The maximum atomic E-state index is 12.9. The van der Waals surface area contributed by atoms with Crippen molar-refractivity contribution in [3.05, 3.63) is 35.9 Å². The summed E-state index contributed by atoms with van der Waals surface area (Å²) >= 11 is 0. The average Bonchev–Trinajstić information content (AvgIpc) is 2.24. The predicted octanol–water partition coefficient (Wildman–Crippen LogP) is 3.22. The van der Waals surface area contributed by atoms with E-state index in [2.05, 4.69) is 5.32 Å². The van der Waals surface area contributed by atoms with E-state index >= 15 is 0 Å². The highest BCUT2D eigenvalue weighted by Crippen LogP contribution is 2.14. The van der Waals surface area contributed by atoms with E-state index in [9.17, 15) is 9.18 Å². The van der Waals surface area contributed by atoms with Gasteiger partial charge in [0.1, 0.15) is 12.3 Å². The number of benzene rings is 1. The molecular weight excluding hydrogens is 221 g/mol. The quantitative estimate of drug-likeness (QED) is 0.879. The van der Waals surface area contributed by atoms with Gasteiger partial charge in [-0.25, -0.2) is 9.18 Å². The minimum Gasteiger partial charge on any atom is -0.444 e. The Bertz CT molecular complexity index is 359. The molecule has 0 fully saturated rings. The fraction of sp³-hybridized carbons (Fsp3) is 0.462. The summed E-state index contributed by atoms with van der Waals surface area (Å²) < 4.78 is 17.9. The minimum atomic E-state index is -0.663. The number of alkyl halides is 1. The number of carbonyl (C=O) groups excluding carboxylic acids is 1. The molecule has 0 aliphatic rings. The first-order valence-electron chi connectivity index (χ1n) is 5.53. The fourth-order valence-electron chi connectivity index (χ4n) is 1.35. The lowest BCUT2D eigenvalue weighted by atomic mass is 10.1. The van der Waals surface area contributed by atoms with Crippen molar-refractivity contribution in [2.24, 2.45) is 0 Å². The van der Waals surface area contributed by atoms with Gasteiger partial charge in [-0.1, -0.05) is 30.3 Å². The smallest absolute Gasteiger partial charge is 0.408 e. The second kappa shape index (κ2) is 5.66. The zero-order chi connectivity index (χ0) is 12.9. The Hall–Kier alpha value is -1.58. The summed E-state index contributed by atoms with van der Waals surface area (Å²) in [6, 6.07) is 8.31. The van der Waals surface area contributed by atoms with E-state index in [1.165, 1.54) is 0 Å². The van der Waals surface area contributed by atoms with Crippen molar-refractivity contribution in [3.8, 4) is 0 Å². The number of amides is 1. The average molecular weight is 239 g/mol. The van der Waals surface area contributed by atoms with Gasteiger partial charge in [-0.3, -0.25) is 0 Å². The molecule has 1 aromatic carbocycles. The molecule has 3 nitrogen and oxygen atoms in total. The van der Waals surface area contributed by atoms with Crippen molar-refractivity contribution in [1.82, 2.24) is 5.32 Å². The molecule has 17 heavy (non-hydrogen) atoms. The normalized spacial score (nSPS) is 12.9. The highest BCUT2D eigenvalue weighted by Gasteiger charge is 2.20. The maximum Gasteiger partial charge on any atom is 0.408 e. The van der Waals surface area contributed by atoms with E-state index in [-0.39, 0.29) is 0 Å². The number of halogens is 1. The van der Waals surface area contributed by atoms with Gasteiger partial charge in [0.25, 0.3) is 0 Å². The second-order valence-corrected chi connectivity index (χ2v) is 4.76. The van der Waals surface area contributed by atoms with E-state index in [4.69, 9.17) is 4.74 Å². The summed E-state index contributed by atoms with van der Waals surface area (Å²) in [6.07, 6.45) is -0.607. The molecule has 0 spiro atoms. The van der Waals surface area contributed by atoms with Crippen molar-refractivity contribution in [2.45, 2.75) is 32.4 Å². The van der Waals surface area contributed by atoms with Gasteiger partial charge in [-0.2, -0.15) is 0 Å². The summed E-state index contributed by atoms with van der Waals surface area (Å²) in [4.78, 5) is 11.5. The lowest BCUT2D eigenvalue weighted by Gasteiger charge is -2.22. The van der Waals surface area contributed by atoms with Crippen molar-refractivity contribution in [3.63, 3.8) is 0 Å². The highest BCUT2D eigenvalue weighted by molar-refractivity contribution is 5.68. The Labute approximate surface area is 101 Å². The predicted molar refractivity (Wildman–Crippen MR) is 64.5 cm³/mol. The molecule has 4 heteroatoms. The number of rotatable bonds is 3. The molecular formula is C13H18FNO2. The van der Waals surface area contributed by atoms with E-state index < -0.39 is 24.4 Å². The van der Waals surface area contributed by atoms with Crippen LogP contribution < -0.4 is 5.32 Å². The van der Waals surface area contributed by atoms with Gasteiger partial charge in [0, 0.05) is 0 Å². The lowest BCUT2D eigenvalue weighted by Crippen LogP contribution is -2.35. The van der Waals surface area contributed by atoms with Gasteiger partial charge in [0.15, 0.2) is 0 Å². The number of hydrogen-bond acceptors (Lipinski definition) is 2.